The van der Waals surface area contributed by atoms with Gasteiger partial charge in [-0.25, -0.2) is 4.39 Å². The van der Waals surface area contributed by atoms with Crippen molar-refractivity contribution < 1.29 is 9.18 Å². The van der Waals surface area contributed by atoms with Gasteiger partial charge in [0.05, 0.1) is 0 Å². The number of nitrogens with zero attached hydrogens (tertiary/aromatic N) is 2. The number of benzene rings is 2. The molecule has 0 spiro atoms. The number of hydrogen-bond acceptors (Lipinski definition) is 4. The molecule has 0 saturated carbocycles. The smallest absolute Gasteiger partial charge is 0.272 e. The van der Waals surface area contributed by atoms with Gasteiger partial charge in [-0.3, -0.25) is 4.79 Å². The van der Waals surface area contributed by atoms with Crippen LogP contribution in [-0.4, -0.2) is 16.1 Å². The van der Waals surface area contributed by atoms with Gasteiger partial charge in [0.15, 0.2) is 11.5 Å². The third-order valence-electron chi connectivity index (χ3n) is 3.74. The summed E-state index contributed by atoms with van der Waals surface area (Å²) in [5.41, 5.74) is 2.30. The molecule has 132 valence electrons. The Bertz CT molecular complexity index is 931. The summed E-state index contributed by atoms with van der Waals surface area (Å²) in [4.78, 5) is 12.1. The lowest BCUT2D eigenvalue weighted by atomic mass is 10.2. The van der Waals surface area contributed by atoms with Crippen molar-refractivity contribution in [3.63, 3.8) is 0 Å². The summed E-state index contributed by atoms with van der Waals surface area (Å²) in [6, 6.07) is 15.0. The van der Waals surface area contributed by atoms with Crippen molar-refractivity contribution in [2.75, 3.05) is 5.32 Å². The molecule has 1 amide bonds. The first kappa shape index (κ1) is 17.8. The standard InChI is InChI=1S/C19H16ClFN4O/c1-12-6-7-14(10-15(12)20)23-18-9-8-17(24-25-18)19(26)22-11-13-4-2-3-5-16(13)21/h2-10H,11H2,1H3,(H,22,26)(H,23,25). The molecule has 2 aromatic carbocycles. The fourth-order valence-electron chi connectivity index (χ4n) is 2.25. The number of anilines is 2. The van der Waals surface area contributed by atoms with E-state index in [1.807, 2.05) is 19.1 Å². The highest BCUT2D eigenvalue weighted by molar-refractivity contribution is 6.31. The molecule has 26 heavy (non-hydrogen) atoms. The summed E-state index contributed by atoms with van der Waals surface area (Å²) in [5.74, 6) is -0.309. The van der Waals surface area contributed by atoms with Crippen LogP contribution in [0.2, 0.25) is 5.02 Å². The minimum Gasteiger partial charge on any atom is -0.346 e. The van der Waals surface area contributed by atoms with Gasteiger partial charge in [-0.1, -0.05) is 35.9 Å². The number of halogens is 2. The molecule has 1 aromatic heterocycles. The van der Waals surface area contributed by atoms with Gasteiger partial charge in [-0.15, -0.1) is 10.2 Å². The van der Waals surface area contributed by atoms with Crippen LogP contribution in [0.15, 0.2) is 54.6 Å². The maximum absolute atomic E-state index is 13.6. The quantitative estimate of drug-likeness (QED) is 0.704. The fraction of sp³-hybridized carbons (Fsp3) is 0.105. The lowest BCUT2D eigenvalue weighted by Gasteiger charge is -2.08. The van der Waals surface area contributed by atoms with Gasteiger partial charge in [0.1, 0.15) is 5.82 Å². The second kappa shape index (κ2) is 7.93. The van der Waals surface area contributed by atoms with Crippen LogP contribution in [0.3, 0.4) is 0 Å². The second-order valence-corrected chi connectivity index (χ2v) is 6.07. The first-order valence-corrected chi connectivity index (χ1v) is 8.29. The average molecular weight is 371 g/mol. The van der Waals surface area contributed by atoms with Crippen LogP contribution in [0.5, 0.6) is 0 Å². The van der Waals surface area contributed by atoms with Crippen LogP contribution in [0, 0.1) is 12.7 Å². The summed E-state index contributed by atoms with van der Waals surface area (Å²) in [6.07, 6.45) is 0. The Morgan fingerprint density at radius 1 is 1.12 bits per heavy atom. The molecule has 0 aliphatic rings. The second-order valence-electron chi connectivity index (χ2n) is 5.67. The van der Waals surface area contributed by atoms with E-state index >= 15 is 0 Å². The number of hydrogen-bond donors (Lipinski definition) is 2. The Morgan fingerprint density at radius 2 is 1.92 bits per heavy atom. The van der Waals surface area contributed by atoms with Crippen LogP contribution in [0.4, 0.5) is 15.9 Å². The van der Waals surface area contributed by atoms with Crippen molar-refractivity contribution in [1.82, 2.24) is 15.5 Å². The average Bonchev–Trinajstić information content (AvgIpc) is 2.64. The molecule has 0 aliphatic carbocycles. The Morgan fingerprint density at radius 3 is 2.62 bits per heavy atom. The fourth-order valence-corrected chi connectivity index (χ4v) is 2.43. The Balaban J connectivity index is 1.62. The van der Waals surface area contributed by atoms with E-state index in [4.69, 9.17) is 11.6 Å². The van der Waals surface area contributed by atoms with E-state index in [-0.39, 0.29) is 18.1 Å². The Kier molecular flexibility index (Phi) is 5.43. The van der Waals surface area contributed by atoms with E-state index in [1.165, 1.54) is 6.07 Å². The van der Waals surface area contributed by atoms with Crippen molar-refractivity contribution >= 4 is 29.0 Å². The number of aryl methyl sites for hydroxylation is 1. The Hall–Kier alpha value is -2.99. The van der Waals surface area contributed by atoms with E-state index < -0.39 is 5.91 Å². The molecule has 3 aromatic rings. The molecule has 3 rings (SSSR count). The van der Waals surface area contributed by atoms with Gasteiger partial charge in [0.25, 0.3) is 5.91 Å². The largest absolute Gasteiger partial charge is 0.346 e. The van der Waals surface area contributed by atoms with Crippen LogP contribution < -0.4 is 10.6 Å². The molecule has 7 heteroatoms. The highest BCUT2D eigenvalue weighted by Gasteiger charge is 2.09. The van der Waals surface area contributed by atoms with E-state index in [9.17, 15) is 9.18 Å². The predicted molar refractivity (Wildman–Crippen MR) is 99.1 cm³/mol. The van der Waals surface area contributed by atoms with E-state index in [1.54, 1.807) is 36.4 Å². The van der Waals surface area contributed by atoms with Crippen LogP contribution in [-0.2, 0) is 6.54 Å². The van der Waals surface area contributed by atoms with Crippen molar-refractivity contribution in [2.45, 2.75) is 13.5 Å². The third kappa shape index (κ3) is 4.34. The number of carbonyl (C=O) groups excluding carboxylic acids is 1. The summed E-state index contributed by atoms with van der Waals surface area (Å²) in [5, 5.41) is 14.2. The molecule has 2 N–H and O–H groups in total. The van der Waals surface area contributed by atoms with Crippen molar-refractivity contribution in [1.29, 1.82) is 0 Å². The maximum Gasteiger partial charge on any atom is 0.272 e. The molecular weight excluding hydrogens is 355 g/mol. The number of carbonyl (C=O) groups is 1. The van der Waals surface area contributed by atoms with Gasteiger partial charge in [-0.05, 0) is 42.8 Å². The Labute approximate surface area is 155 Å². The zero-order valence-corrected chi connectivity index (χ0v) is 14.7. The lowest BCUT2D eigenvalue weighted by molar-refractivity contribution is 0.0944. The topological polar surface area (TPSA) is 66.9 Å². The number of aromatic nitrogens is 2. The SMILES string of the molecule is Cc1ccc(Nc2ccc(C(=O)NCc3ccccc3F)nn2)cc1Cl. The van der Waals surface area contributed by atoms with Gasteiger partial charge < -0.3 is 10.6 Å². The normalized spacial score (nSPS) is 10.4. The molecule has 0 fully saturated rings. The van der Waals surface area contributed by atoms with Crippen LogP contribution >= 0.6 is 11.6 Å². The highest BCUT2D eigenvalue weighted by atomic mass is 35.5. The lowest BCUT2D eigenvalue weighted by Crippen LogP contribution is -2.24. The molecule has 0 radical (unpaired) electrons. The first-order chi connectivity index (χ1) is 12.5. The van der Waals surface area contributed by atoms with Gasteiger partial charge in [-0.2, -0.15) is 0 Å². The maximum atomic E-state index is 13.6. The van der Waals surface area contributed by atoms with Gasteiger partial charge in [0.2, 0.25) is 0 Å². The van der Waals surface area contributed by atoms with Crippen LogP contribution in [0.25, 0.3) is 0 Å². The third-order valence-corrected chi connectivity index (χ3v) is 4.15. The first-order valence-electron chi connectivity index (χ1n) is 7.91. The summed E-state index contributed by atoms with van der Waals surface area (Å²) >= 11 is 6.09. The zero-order chi connectivity index (χ0) is 18.5. The monoisotopic (exact) mass is 370 g/mol. The molecule has 1 heterocycles. The van der Waals surface area contributed by atoms with E-state index in [2.05, 4.69) is 20.8 Å². The highest BCUT2D eigenvalue weighted by Crippen LogP contribution is 2.22. The molecular formula is C19H16ClFN4O. The predicted octanol–water partition coefficient (Wildman–Crippen LogP) is 4.25. The van der Waals surface area contributed by atoms with Crippen molar-refractivity contribution in [3.05, 3.63) is 82.3 Å². The minimum absolute atomic E-state index is 0.0784. The molecule has 0 bridgehead atoms. The molecule has 0 aliphatic heterocycles. The number of amides is 1. The summed E-state index contributed by atoms with van der Waals surface area (Å²) < 4.78 is 13.6. The minimum atomic E-state index is -0.425. The van der Waals surface area contributed by atoms with Crippen molar-refractivity contribution in [2.24, 2.45) is 0 Å². The molecule has 0 saturated heterocycles. The molecule has 5 nitrogen and oxygen atoms in total. The van der Waals surface area contributed by atoms with E-state index in [0.717, 1.165) is 11.3 Å². The van der Waals surface area contributed by atoms with Crippen LogP contribution in [0.1, 0.15) is 21.6 Å². The van der Waals surface area contributed by atoms with Gasteiger partial charge >= 0.3 is 0 Å². The van der Waals surface area contributed by atoms with Crippen molar-refractivity contribution in [3.8, 4) is 0 Å². The summed E-state index contributed by atoms with van der Waals surface area (Å²) in [7, 11) is 0. The molecule has 0 atom stereocenters. The number of rotatable bonds is 5. The zero-order valence-electron chi connectivity index (χ0n) is 14.0. The number of nitrogens with one attached hydrogen (secondary N) is 2. The van der Waals surface area contributed by atoms with Gasteiger partial charge in [0, 0.05) is 22.8 Å². The van der Waals surface area contributed by atoms with E-state index in [0.29, 0.717) is 16.4 Å². The summed E-state index contributed by atoms with van der Waals surface area (Å²) in [6.45, 7) is 2.00. The molecule has 0 unspecified atom stereocenters.